The van der Waals surface area contributed by atoms with Crippen LogP contribution in [0.4, 0.5) is 5.69 Å². The molecule has 1 atom stereocenters. The lowest BCUT2D eigenvalue weighted by atomic mass is 10.1. The fourth-order valence-corrected chi connectivity index (χ4v) is 2.26. The molecule has 1 heterocycles. The standard InChI is InChI=1S/C15H15Cl2N3O/c1-10(11-4-2-5-12(16)8-11)19-9-14(21)20-13-6-3-7-18-15(13)17/h2-8,10,19H,9H2,1H3,(H,20,21)/p+1/t10-/m0/s1. The van der Waals surface area contributed by atoms with Gasteiger partial charge < -0.3 is 10.6 Å². The third-order valence-corrected chi connectivity index (χ3v) is 3.60. The van der Waals surface area contributed by atoms with E-state index >= 15 is 0 Å². The molecule has 0 saturated carbocycles. The molecule has 21 heavy (non-hydrogen) atoms. The minimum atomic E-state index is -0.126. The molecule has 0 saturated heterocycles. The van der Waals surface area contributed by atoms with Crippen LogP contribution >= 0.6 is 23.2 Å². The van der Waals surface area contributed by atoms with Gasteiger partial charge in [-0.2, -0.15) is 0 Å². The Hall–Kier alpha value is -1.62. The molecule has 0 spiro atoms. The molecule has 1 aromatic carbocycles. The third kappa shape index (κ3) is 4.70. The molecular weight excluding hydrogens is 309 g/mol. The number of aromatic nitrogens is 1. The number of nitrogens with two attached hydrogens (primary N) is 1. The van der Waals surface area contributed by atoms with Crippen molar-refractivity contribution in [3.8, 4) is 0 Å². The number of quaternary nitrogens is 1. The van der Waals surface area contributed by atoms with Crippen LogP contribution in [0.2, 0.25) is 10.2 Å². The summed E-state index contributed by atoms with van der Waals surface area (Å²) in [5.41, 5.74) is 1.60. The monoisotopic (exact) mass is 324 g/mol. The minimum Gasteiger partial charge on any atom is -0.333 e. The van der Waals surface area contributed by atoms with Crippen LogP contribution in [-0.2, 0) is 4.79 Å². The summed E-state index contributed by atoms with van der Waals surface area (Å²) in [4.78, 5) is 15.8. The van der Waals surface area contributed by atoms with E-state index in [0.29, 0.717) is 17.3 Å². The smallest absolute Gasteiger partial charge is 0.279 e. The van der Waals surface area contributed by atoms with E-state index in [9.17, 15) is 4.79 Å². The van der Waals surface area contributed by atoms with Crippen LogP contribution < -0.4 is 10.6 Å². The van der Waals surface area contributed by atoms with Crippen LogP contribution in [0, 0.1) is 0 Å². The van der Waals surface area contributed by atoms with E-state index < -0.39 is 0 Å². The molecule has 4 nitrogen and oxygen atoms in total. The number of benzene rings is 1. The van der Waals surface area contributed by atoms with Crippen molar-refractivity contribution >= 4 is 34.8 Å². The highest BCUT2D eigenvalue weighted by Crippen LogP contribution is 2.17. The number of nitrogens with one attached hydrogen (secondary N) is 1. The van der Waals surface area contributed by atoms with Crippen molar-refractivity contribution in [2.45, 2.75) is 13.0 Å². The van der Waals surface area contributed by atoms with Crippen molar-refractivity contribution in [2.24, 2.45) is 0 Å². The molecule has 110 valence electrons. The molecule has 0 bridgehead atoms. The zero-order valence-corrected chi connectivity index (χ0v) is 13.0. The van der Waals surface area contributed by atoms with E-state index in [1.165, 1.54) is 0 Å². The van der Waals surface area contributed by atoms with E-state index in [-0.39, 0.29) is 17.1 Å². The highest BCUT2D eigenvalue weighted by atomic mass is 35.5. The van der Waals surface area contributed by atoms with Crippen LogP contribution in [0.1, 0.15) is 18.5 Å². The van der Waals surface area contributed by atoms with Crippen molar-refractivity contribution in [2.75, 3.05) is 11.9 Å². The molecule has 6 heteroatoms. The van der Waals surface area contributed by atoms with Crippen LogP contribution in [0.25, 0.3) is 0 Å². The Kier molecular flexibility index (Phi) is 5.56. The molecular formula is C15H16Cl2N3O+. The van der Waals surface area contributed by atoms with Gasteiger partial charge in [0.1, 0.15) is 6.04 Å². The predicted molar refractivity (Wildman–Crippen MR) is 84.5 cm³/mol. The molecule has 2 aromatic rings. The van der Waals surface area contributed by atoms with Gasteiger partial charge in [-0.15, -0.1) is 0 Å². The summed E-state index contributed by atoms with van der Waals surface area (Å²) in [5, 5.41) is 5.65. The maximum absolute atomic E-state index is 11.9. The maximum atomic E-state index is 11.9. The summed E-state index contributed by atoms with van der Waals surface area (Å²) >= 11 is 11.9. The summed E-state index contributed by atoms with van der Waals surface area (Å²) in [6.45, 7) is 2.31. The van der Waals surface area contributed by atoms with E-state index in [1.54, 1.807) is 18.3 Å². The van der Waals surface area contributed by atoms with Gasteiger partial charge in [0.15, 0.2) is 11.7 Å². The highest BCUT2D eigenvalue weighted by molar-refractivity contribution is 6.32. The fourth-order valence-electron chi connectivity index (χ4n) is 1.89. The second-order valence-electron chi connectivity index (χ2n) is 4.67. The highest BCUT2D eigenvalue weighted by Gasteiger charge is 2.13. The molecule has 1 aromatic heterocycles. The van der Waals surface area contributed by atoms with Gasteiger partial charge in [-0.3, -0.25) is 4.79 Å². The van der Waals surface area contributed by atoms with Gasteiger partial charge in [0.2, 0.25) is 0 Å². The van der Waals surface area contributed by atoms with Gasteiger partial charge in [0.25, 0.3) is 5.91 Å². The zero-order valence-electron chi connectivity index (χ0n) is 11.5. The first-order valence-electron chi connectivity index (χ1n) is 6.55. The van der Waals surface area contributed by atoms with E-state index in [2.05, 4.69) is 10.3 Å². The lowest BCUT2D eigenvalue weighted by Gasteiger charge is -2.11. The molecule has 0 aliphatic rings. The summed E-state index contributed by atoms with van der Waals surface area (Å²) in [5.74, 6) is -0.126. The normalized spacial score (nSPS) is 12.0. The largest absolute Gasteiger partial charge is 0.333 e. The van der Waals surface area contributed by atoms with Gasteiger partial charge in [0.05, 0.1) is 5.69 Å². The summed E-state index contributed by atoms with van der Waals surface area (Å²) < 4.78 is 0. The first-order chi connectivity index (χ1) is 10.1. The fraction of sp³-hybridized carbons (Fsp3) is 0.200. The van der Waals surface area contributed by atoms with Crippen molar-refractivity contribution in [1.82, 2.24) is 4.98 Å². The second-order valence-corrected chi connectivity index (χ2v) is 5.47. The Labute approximate surface area is 133 Å². The molecule has 2 rings (SSSR count). The third-order valence-electron chi connectivity index (χ3n) is 3.06. The number of hydrogen-bond acceptors (Lipinski definition) is 2. The lowest BCUT2D eigenvalue weighted by molar-refractivity contribution is -0.682. The summed E-state index contributed by atoms with van der Waals surface area (Å²) in [7, 11) is 0. The predicted octanol–water partition coefficient (Wildman–Crippen LogP) is 2.65. The number of amides is 1. The Morgan fingerprint density at radius 3 is 2.86 bits per heavy atom. The van der Waals surface area contributed by atoms with Gasteiger partial charge in [0, 0.05) is 16.8 Å². The SMILES string of the molecule is C[C@H]([NH2+]CC(=O)Nc1cccnc1Cl)c1cccc(Cl)c1. The van der Waals surface area contributed by atoms with Gasteiger partial charge in [-0.05, 0) is 31.2 Å². The number of rotatable bonds is 5. The second kappa shape index (κ2) is 7.41. The lowest BCUT2D eigenvalue weighted by Crippen LogP contribution is -2.86. The average molecular weight is 325 g/mol. The van der Waals surface area contributed by atoms with Crippen molar-refractivity contribution < 1.29 is 10.1 Å². The van der Waals surface area contributed by atoms with Crippen molar-refractivity contribution in [3.05, 3.63) is 58.3 Å². The number of pyridine rings is 1. The maximum Gasteiger partial charge on any atom is 0.279 e. The van der Waals surface area contributed by atoms with Gasteiger partial charge in [-0.1, -0.05) is 35.3 Å². The van der Waals surface area contributed by atoms with Gasteiger partial charge in [-0.25, -0.2) is 4.98 Å². The molecule has 1 amide bonds. The zero-order chi connectivity index (χ0) is 15.2. The average Bonchev–Trinajstić information content (AvgIpc) is 2.47. The first-order valence-corrected chi connectivity index (χ1v) is 7.31. The summed E-state index contributed by atoms with van der Waals surface area (Å²) in [6, 6.07) is 11.2. The molecule has 0 unspecified atom stereocenters. The van der Waals surface area contributed by atoms with Crippen molar-refractivity contribution in [3.63, 3.8) is 0 Å². The van der Waals surface area contributed by atoms with Crippen LogP contribution in [0.15, 0.2) is 42.6 Å². The number of nitrogens with zero attached hydrogens (tertiary/aromatic N) is 1. The number of halogens is 2. The molecule has 0 fully saturated rings. The summed E-state index contributed by atoms with van der Waals surface area (Å²) in [6.07, 6.45) is 1.57. The first kappa shape index (κ1) is 15.8. The van der Waals surface area contributed by atoms with Crippen LogP contribution in [0.3, 0.4) is 0 Å². The van der Waals surface area contributed by atoms with E-state index in [4.69, 9.17) is 23.2 Å². The molecule has 3 N–H and O–H groups in total. The van der Waals surface area contributed by atoms with Gasteiger partial charge >= 0.3 is 0 Å². The molecule has 0 radical (unpaired) electrons. The molecule has 0 aliphatic heterocycles. The quantitative estimate of drug-likeness (QED) is 0.831. The number of carbonyl (C=O) groups is 1. The van der Waals surface area contributed by atoms with Crippen LogP contribution in [0.5, 0.6) is 0 Å². The number of anilines is 1. The van der Waals surface area contributed by atoms with Crippen LogP contribution in [-0.4, -0.2) is 17.4 Å². The Bertz CT molecular complexity index is 634. The Morgan fingerprint density at radius 1 is 1.33 bits per heavy atom. The van der Waals surface area contributed by atoms with Crippen molar-refractivity contribution in [1.29, 1.82) is 0 Å². The number of carbonyl (C=O) groups excluding carboxylic acids is 1. The molecule has 0 aliphatic carbocycles. The topological polar surface area (TPSA) is 58.6 Å². The number of hydrogen-bond donors (Lipinski definition) is 2. The minimum absolute atomic E-state index is 0.126. The van der Waals surface area contributed by atoms with E-state index in [0.717, 1.165) is 5.56 Å². The Morgan fingerprint density at radius 2 is 2.14 bits per heavy atom. The Balaban J connectivity index is 1.88. The van der Waals surface area contributed by atoms with E-state index in [1.807, 2.05) is 36.5 Å².